The zero-order chi connectivity index (χ0) is 19.6. The van der Waals surface area contributed by atoms with E-state index >= 15 is 0 Å². The molecular formula is C18H15Cl3N4OS. The highest BCUT2D eigenvalue weighted by molar-refractivity contribution is 7.99. The maximum atomic E-state index is 12.3. The normalized spacial score (nSPS) is 11.6. The predicted octanol–water partition coefficient (Wildman–Crippen LogP) is 5.79. The number of aromatic nitrogens is 2. The second kappa shape index (κ2) is 8.52. The molecule has 140 valence electrons. The van der Waals surface area contributed by atoms with Crippen molar-refractivity contribution < 1.29 is 4.79 Å². The van der Waals surface area contributed by atoms with E-state index in [9.17, 15) is 4.79 Å². The number of halogens is 3. The summed E-state index contributed by atoms with van der Waals surface area (Å²) in [5.41, 5.74) is 4.93. The van der Waals surface area contributed by atoms with Crippen LogP contribution in [-0.2, 0) is 0 Å². The van der Waals surface area contributed by atoms with E-state index in [1.165, 1.54) is 6.21 Å². The molecule has 0 fully saturated rings. The van der Waals surface area contributed by atoms with Gasteiger partial charge in [-0.05, 0) is 30.3 Å². The van der Waals surface area contributed by atoms with E-state index in [2.05, 4.69) is 34.3 Å². The summed E-state index contributed by atoms with van der Waals surface area (Å²) in [6.45, 7) is 4.18. The van der Waals surface area contributed by atoms with Crippen molar-refractivity contribution >= 4 is 69.7 Å². The van der Waals surface area contributed by atoms with Gasteiger partial charge in [0.05, 0.1) is 32.3 Å². The van der Waals surface area contributed by atoms with Crippen molar-refractivity contribution in [3.8, 4) is 0 Å². The first-order valence-corrected chi connectivity index (χ1v) is 10.00. The van der Waals surface area contributed by atoms with Gasteiger partial charge < -0.3 is 4.98 Å². The number of fused-ring (bicyclic) bond motifs is 1. The number of imidazole rings is 1. The number of benzene rings is 2. The van der Waals surface area contributed by atoms with Gasteiger partial charge in [-0.15, -0.1) is 0 Å². The molecule has 0 aliphatic heterocycles. The van der Waals surface area contributed by atoms with Crippen LogP contribution in [0.3, 0.4) is 0 Å². The van der Waals surface area contributed by atoms with E-state index in [4.69, 9.17) is 34.8 Å². The van der Waals surface area contributed by atoms with Crippen LogP contribution >= 0.6 is 46.6 Å². The standard InChI is InChI=1S/C18H15Cl3N4OS/c1-9(2)27-18-23-14-6-3-10(7-15(14)24-18)17(26)25-22-8-11-12(19)4-5-13(20)16(11)21/h3-9H,1-2H3,(H,23,24)(H,25,26)/b22-8-. The minimum Gasteiger partial charge on any atom is -0.333 e. The summed E-state index contributed by atoms with van der Waals surface area (Å²) < 4.78 is 0. The van der Waals surface area contributed by atoms with Gasteiger partial charge in [0, 0.05) is 16.4 Å². The molecule has 0 atom stereocenters. The van der Waals surface area contributed by atoms with Gasteiger partial charge in [-0.25, -0.2) is 10.4 Å². The molecule has 1 aromatic heterocycles. The number of carbonyl (C=O) groups excluding carboxylic acids is 1. The summed E-state index contributed by atoms with van der Waals surface area (Å²) in [5.74, 6) is -0.366. The van der Waals surface area contributed by atoms with Crippen LogP contribution in [0.25, 0.3) is 11.0 Å². The number of rotatable bonds is 5. The molecule has 0 radical (unpaired) electrons. The molecule has 9 heteroatoms. The topological polar surface area (TPSA) is 70.1 Å². The summed E-state index contributed by atoms with van der Waals surface area (Å²) in [6.07, 6.45) is 1.36. The van der Waals surface area contributed by atoms with E-state index < -0.39 is 0 Å². The van der Waals surface area contributed by atoms with Crippen molar-refractivity contribution in [2.24, 2.45) is 5.10 Å². The SMILES string of the molecule is CC(C)Sc1nc2ccc(C(=O)N/N=C\c3c(Cl)ccc(Cl)c3Cl)cc2[nH]1. The second-order valence-corrected chi connectivity index (χ2v) is 8.65. The largest absolute Gasteiger partial charge is 0.333 e. The third-order valence-electron chi connectivity index (χ3n) is 3.51. The number of carbonyl (C=O) groups is 1. The Morgan fingerprint density at radius 3 is 2.70 bits per heavy atom. The summed E-state index contributed by atoms with van der Waals surface area (Å²) in [6, 6.07) is 8.42. The van der Waals surface area contributed by atoms with Crippen LogP contribution in [-0.4, -0.2) is 27.3 Å². The van der Waals surface area contributed by atoms with Gasteiger partial charge in [-0.2, -0.15) is 5.10 Å². The Balaban J connectivity index is 1.75. The molecule has 3 rings (SSSR count). The third kappa shape index (κ3) is 4.76. The van der Waals surface area contributed by atoms with Crippen molar-refractivity contribution in [2.45, 2.75) is 24.3 Å². The third-order valence-corrected chi connectivity index (χ3v) is 5.55. The van der Waals surface area contributed by atoms with Gasteiger partial charge >= 0.3 is 0 Å². The van der Waals surface area contributed by atoms with E-state index in [1.54, 1.807) is 42.1 Å². The highest BCUT2D eigenvalue weighted by atomic mass is 35.5. The smallest absolute Gasteiger partial charge is 0.271 e. The minimum absolute atomic E-state index is 0.274. The lowest BCUT2D eigenvalue weighted by molar-refractivity contribution is 0.0955. The molecule has 0 saturated carbocycles. The van der Waals surface area contributed by atoms with Crippen molar-refractivity contribution in [1.82, 2.24) is 15.4 Å². The number of hydrazone groups is 1. The van der Waals surface area contributed by atoms with Crippen LogP contribution in [0.5, 0.6) is 0 Å². The first-order chi connectivity index (χ1) is 12.8. The number of nitrogens with zero attached hydrogens (tertiary/aromatic N) is 2. The Morgan fingerprint density at radius 1 is 1.22 bits per heavy atom. The summed E-state index contributed by atoms with van der Waals surface area (Å²) in [5, 5.41) is 6.17. The van der Waals surface area contributed by atoms with Crippen LogP contribution in [0.1, 0.15) is 29.8 Å². The Morgan fingerprint density at radius 2 is 1.96 bits per heavy atom. The predicted molar refractivity (Wildman–Crippen MR) is 114 cm³/mol. The highest BCUT2D eigenvalue weighted by Crippen LogP contribution is 2.30. The Kier molecular flexibility index (Phi) is 6.32. The number of hydrogen-bond acceptors (Lipinski definition) is 4. The number of thioether (sulfide) groups is 1. The zero-order valence-electron chi connectivity index (χ0n) is 14.4. The van der Waals surface area contributed by atoms with Crippen LogP contribution in [0.4, 0.5) is 0 Å². The van der Waals surface area contributed by atoms with Crippen molar-refractivity contribution in [2.75, 3.05) is 0 Å². The molecule has 3 aromatic rings. The van der Waals surface area contributed by atoms with Gasteiger partial charge in [0.2, 0.25) is 0 Å². The second-order valence-electron chi connectivity index (χ2n) is 5.90. The number of nitrogens with one attached hydrogen (secondary N) is 2. The van der Waals surface area contributed by atoms with Crippen molar-refractivity contribution in [3.63, 3.8) is 0 Å². The monoisotopic (exact) mass is 440 g/mol. The zero-order valence-corrected chi connectivity index (χ0v) is 17.5. The summed E-state index contributed by atoms with van der Waals surface area (Å²) >= 11 is 19.8. The van der Waals surface area contributed by atoms with E-state index in [0.29, 0.717) is 26.4 Å². The number of amides is 1. The Labute approximate surface area is 175 Å². The fourth-order valence-corrected chi connectivity index (χ4v) is 3.69. The van der Waals surface area contributed by atoms with Gasteiger partial charge in [-0.1, -0.05) is 60.4 Å². The van der Waals surface area contributed by atoms with E-state index in [-0.39, 0.29) is 10.9 Å². The van der Waals surface area contributed by atoms with Crippen LogP contribution in [0.2, 0.25) is 15.1 Å². The van der Waals surface area contributed by atoms with Crippen LogP contribution in [0.15, 0.2) is 40.6 Å². The minimum atomic E-state index is -0.366. The number of H-pyrrole nitrogens is 1. The van der Waals surface area contributed by atoms with Crippen molar-refractivity contribution in [1.29, 1.82) is 0 Å². The van der Waals surface area contributed by atoms with Gasteiger partial charge in [0.15, 0.2) is 5.16 Å². The first kappa shape index (κ1) is 20.0. The molecular weight excluding hydrogens is 427 g/mol. The van der Waals surface area contributed by atoms with Gasteiger partial charge in [0.25, 0.3) is 5.91 Å². The lowest BCUT2D eigenvalue weighted by atomic mass is 10.2. The summed E-state index contributed by atoms with van der Waals surface area (Å²) in [4.78, 5) is 20.0. The molecule has 0 aliphatic carbocycles. The van der Waals surface area contributed by atoms with E-state index in [1.807, 2.05) is 0 Å². The lowest BCUT2D eigenvalue weighted by Gasteiger charge is -2.03. The number of aromatic amines is 1. The highest BCUT2D eigenvalue weighted by Gasteiger charge is 2.11. The fourth-order valence-electron chi connectivity index (χ4n) is 2.29. The van der Waals surface area contributed by atoms with Gasteiger partial charge in [0.1, 0.15) is 0 Å². The molecule has 2 N–H and O–H groups in total. The fraction of sp³-hybridized carbons (Fsp3) is 0.167. The van der Waals surface area contributed by atoms with Crippen molar-refractivity contribution in [3.05, 3.63) is 56.5 Å². The molecule has 27 heavy (non-hydrogen) atoms. The molecule has 0 aliphatic rings. The molecule has 1 amide bonds. The average Bonchev–Trinajstić information content (AvgIpc) is 3.01. The number of hydrogen-bond donors (Lipinski definition) is 2. The molecule has 0 saturated heterocycles. The molecule has 1 heterocycles. The first-order valence-electron chi connectivity index (χ1n) is 7.98. The average molecular weight is 442 g/mol. The van der Waals surface area contributed by atoms with E-state index in [0.717, 1.165) is 16.2 Å². The molecule has 0 unspecified atom stereocenters. The summed E-state index contributed by atoms with van der Waals surface area (Å²) in [7, 11) is 0. The Bertz CT molecular complexity index is 1030. The maximum absolute atomic E-state index is 12.3. The lowest BCUT2D eigenvalue weighted by Crippen LogP contribution is -2.17. The molecule has 2 aromatic carbocycles. The quantitative estimate of drug-likeness (QED) is 0.228. The molecule has 5 nitrogen and oxygen atoms in total. The van der Waals surface area contributed by atoms with Crippen LogP contribution in [0, 0.1) is 0 Å². The molecule has 0 bridgehead atoms. The molecule has 0 spiro atoms. The Hall–Kier alpha value is -1.73. The maximum Gasteiger partial charge on any atom is 0.271 e. The van der Waals surface area contributed by atoms with Gasteiger partial charge in [-0.3, -0.25) is 4.79 Å². The van der Waals surface area contributed by atoms with Crippen LogP contribution < -0.4 is 5.43 Å².